The largest absolute Gasteiger partial charge is 0.481 e. The molecular weight excluding hydrogens is 1060 g/mol. The van der Waals surface area contributed by atoms with E-state index in [1.54, 1.807) is 0 Å². The molecule has 0 saturated heterocycles. The van der Waals surface area contributed by atoms with Crippen molar-refractivity contribution in [3.63, 3.8) is 0 Å². The van der Waals surface area contributed by atoms with Crippen LogP contribution in [0.15, 0.2) is 0 Å². The summed E-state index contributed by atoms with van der Waals surface area (Å²) in [5.74, 6) is -2.58. The molecule has 0 unspecified atom stereocenters. The molecule has 0 rings (SSSR count). The third kappa shape index (κ3) is 61.2. The van der Waals surface area contributed by atoms with E-state index in [0.717, 1.165) is 173 Å². The van der Waals surface area contributed by atoms with Gasteiger partial charge < -0.3 is 61.4 Å². The van der Waals surface area contributed by atoms with E-state index in [9.17, 15) is 43.2 Å². The number of rotatable bonds is 63. The molecule has 476 valence electrons. The minimum Gasteiger partial charge on any atom is -0.481 e. The molecule has 0 heterocycles. The zero-order valence-corrected chi connectivity index (χ0v) is 50.4. The first-order valence-corrected chi connectivity index (χ1v) is 31.8. The van der Waals surface area contributed by atoms with Crippen molar-refractivity contribution in [2.24, 2.45) is 5.92 Å². The summed E-state index contributed by atoms with van der Waals surface area (Å²) >= 11 is 0. The zero-order chi connectivity index (χ0) is 60.2. The summed E-state index contributed by atoms with van der Waals surface area (Å²) in [4.78, 5) is 106. The second-order valence-corrected chi connectivity index (χ2v) is 21.7. The molecule has 0 radical (unpaired) electrons. The Bertz CT molecular complexity index is 1470. The van der Waals surface area contributed by atoms with Crippen LogP contribution in [0.1, 0.15) is 250 Å². The van der Waals surface area contributed by atoms with Gasteiger partial charge in [-0.3, -0.25) is 43.2 Å². The molecule has 0 aliphatic carbocycles. The number of ether oxygens (including phenoxy) is 3. The van der Waals surface area contributed by atoms with E-state index in [-0.39, 0.29) is 120 Å². The standard InChI is InChI=1S/C61H112N6O15/c68-53(62-40-25-16-4-10-22-34-59(74)75)31-19-7-1-13-28-43-65-56(71)37-46-80-49-52(50-81-47-38-57(72)66-44-29-14-2-8-20-32-54(69)63-41-26-17-5-11-23-35-60(76)77)51-82-48-39-58(73)67-45-30-15-3-9-21-33-55(70)64-42-27-18-6-12-24-36-61(78)79/h52H,1-51H2,(H,62,68)(H,63,69)(H,64,70)(H,65,71)(H,66,72)(H,67,73)(H,74,75)(H,76,77)(H,78,79). The number of hydrogen-bond donors (Lipinski definition) is 9. The third-order valence-corrected chi connectivity index (χ3v) is 13.9. The number of carboxylic acids is 3. The van der Waals surface area contributed by atoms with Gasteiger partial charge in [-0.2, -0.15) is 0 Å². The van der Waals surface area contributed by atoms with Crippen LogP contribution in [-0.2, 0) is 57.4 Å². The van der Waals surface area contributed by atoms with E-state index in [2.05, 4.69) is 31.9 Å². The molecule has 0 fully saturated rings. The second kappa shape index (κ2) is 59.3. The van der Waals surface area contributed by atoms with E-state index in [4.69, 9.17) is 29.5 Å². The molecule has 0 bridgehead atoms. The Morgan fingerprint density at radius 3 is 0.610 bits per heavy atom. The van der Waals surface area contributed by atoms with Crippen LogP contribution in [0.2, 0.25) is 0 Å². The predicted octanol–water partition coefficient (Wildman–Crippen LogP) is 8.82. The molecule has 21 nitrogen and oxygen atoms in total. The lowest BCUT2D eigenvalue weighted by molar-refractivity contribution is -0.138. The van der Waals surface area contributed by atoms with Gasteiger partial charge in [0.25, 0.3) is 0 Å². The van der Waals surface area contributed by atoms with E-state index in [0.29, 0.717) is 77.8 Å². The lowest BCUT2D eigenvalue weighted by atomic mass is 10.1. The number of carbonyl (C=O) groups excluding carboxylic acids is 6. The fourth-order valence-electron chi connectivity index (χ4n) is 8.90. The van der Waals surface area contributed by atoms with Crippen LogP contribution >= 0.6 is 0 Å². The van der Waals surface area contributed by atoms with Crippen LogP contribution in [0, 0.1) is 5.92 Å². The molecule has 0 aliphatic rings. The number of carboxylic acid groups (broad SMARTS) is 3. The van der Waals surface area contributed by atoms with E-state index < -0.39 is 17.9 Å². The lowest BCUT2D eigenvalue weighted by Gasteiger charge is -2.18. The van der Waals surface area contributed by atoms with Gasteiger partial charge in [-0.05, 0) is 77.0 Å². The maximum Gasteiger partial charge on any atom is 0.303 e. The molecular formula is C61H112N6O15. The van der Waals surface area contributed by atoms with Crippen LogP contribution in [-0.4, -0.2) is 148 Å². The van der Waals surface area contributed by atoms with Crippen LogP contribution in [0.5, 0.6) is 0 Å². The summed E-state index contributed by atoms with van der Waals surface area (Å²) in [5, 5.41) is 43.8. The summed E-state index contributed by atoms with van der Waals surface area (Å²) in [6.45, 7) is 5.11. The molecule has 0 aromatic carbocycles. The van der Waals surface area contributed by atoms with Gasteiger partial charge >= 0.3 is 17.9 Å². The Labute approximate surface area is 491 Å². The molecule has 0 aromatic heterocycles. The Kier molecular flexibility index (Phi) is 55.7. The van der Waals surface area contributed by atoms with Gasteiger partial charge in [-0.15, -0.1) is 0 Å². The summed E-state index contributed by atoms with van der Waals surface area (Å²) in [5.41, 5.74) is 0. The van der Waals surface area contributed by atoms with Gasteiger partial charge in [0.1, 0.15) is 0 Å². The molecule has 82 heavy (non-hydrogen) atoms. The summed E-state index contributed by atoms with van der Waals surface area (Å²) in [6, 6.07) is 0. The first kappa shape index (κ1) is 77.1. The maximum absolute atomic E-state index is 12.5. The van der Waals surface area contributed by atoms with Crippen molar-refractivity contribution >= 4 is 53.4 Å². The molecule has 21 heteroatoms. The lowest BCUT2D eigenvalue weighted by Crippen LogP contribution is -2.28. The van der Waals surface area contributed by atoms with Gasteiger partial charge in [0.15, 0.2) is 0 Å². The fourth-order valence-corrected chi connectivity index (χ4v) is 8.90. The van der Waals surface area contributed by atoms with Crippen molar-refractivity contribution in [3.8, 4) is 0 Å². The van der Waals surface area contributed by atoms with Gasteiger partial charge in [-0.1, -0.05) is 116 Å². The Hall–Kier alpha value is -4.89. The van der Waals surface area contributed by atoms with E-state index in [1.165, 1.54) is 0 Å². The van der Waals surface area contributed by atoms with Crippen LogP contribution in [0.4, 0.5) is 0 Å². The van der Waals surface area contributed by atoms with Crippen LogP contribution in [0.3, 0.4) is 0 Å². The molecule has 6 amide bonds. The SMILES string of the molecule is O=C(O)CCCCCCCNC(=O)CCCCCCCNC(=O)CCOCC(COCCC(=O)NCCCCCCCC(=O)NCCCCCCCC(=O)O)COCCC(=O)NCCCCCCCC(=O)NCCCCCCCC(=O)O. The number of carbonyl (C=O) groups is 9. The van der Waals surface area contributed by atoms with E-state index in [1.807, 2.05) is 0 Å². The maximum atomic E-state index is 12.5. The first-order valence-electron chi connectivity index (χ1n) is 31.8. The minimum absolute atomic E-state index is 0.0630. The Morgan fingerprint density at radius 2 is 0.402 bits per heavy atom. The van der Waals surface area contributed by atoms with Gasteiger partial charge in [0, 0.05) is 103 Å². The third-order valence-electron chi connectivity index (χ3n) is 13.9. The smallest absolute Gasteiger partial charge is 0.303 e. The molecule has 0 aliphatic heterocycles. The highest BCUT2D eigenvalue weighted by Gasteiger charge is 2.14. The number of hydrogen-bond acceptors (Lipinski definition) is 12. The van der Waals surface area contributed by atoms with Gasteiger partial charge in [-0.25, -0.2) is 0 Å². The predicted molar refractivity (Wildman–Crippen MR) is 317 cm³/mol. The minimum atomic E-state index is -0.759. The van der Waals surface area contributed by atoms with Crippen molar-refractivity contribution in [2.75, 3.05) is 78.9 Å². The highest BCUT2D eigenvalue weighted by Crippen LogP contribution is 2.11. The average molecular weight is 1170 g/mol. The zero-order valence-electron chi connectivity index (χ0n) is 50.4. The van der Waals surface area contributed by atoms with Crippen molar-refractivity contribution in [1.82, 2.24) is 31.9 Å². The fraction of sp³-hybridized carbons (Fsp3) is 0.852. The Morgan fingerprint density at radius 1 is 0.232 bits per heavy atom. The van der Waals surface area contributed by atoms with Gasteiger partial charge in [0.2, 0.25) is 35.4 Å². The van der Waals surface area contributed by atoms with Crippen molar-refractivity contribution < 1.29 is 72.7 Å². The normalized spacial score (nSPS) is 11.1. The number of amides is 6. The van der Waals surface area contributed by atoms with Crippen molar-refractivity contribution in [1.29, 1.82) is 0 Å². The number of aliphatic carboxylic acids is 3. The quantitative estimate of drug-likeness (QED) is 0.0257. The highest BCUT2D eigenvalue weighted by molar-refractivity contribution is 5.77. The average Bonchev–Trinajstić information content (AvgIpc) is 3.43. The number of unbranched alkanes of at least 4 members (excludes halogenated alkanes) is 24. The molecule has 9 N–H and O–H groups in total. The van der Waals surface area contributed by atoms with Crippen molar-refractivity contribution in [2.45, 2.75) is 250 Å². The Balaban J connectivity index is 4.40. The van der Waals surface area contributed by atoms with Crippen molar-refractivity contribution in [3.05, 3.63) is 0 Å². The molecule has 0 saturated carbocycles. The summed E-state index contributed by atoms with van der Waals surface area (Å²) in [6.07, 6.45) is 29.7. The number of nitrogens with one attached hydrogen (secondary N) is 6. The van der Waals surface area contributed by atoms with Crippen LogP contribution in [0.25, 0.3) is 0 Å². The van der Waals surface area contributed by atoms with Gasteiger partial charge in [0.05, 0.1) is 39.6 Å². The van der Waals surface area contributed by atoms with Crippen LogP contribution < -0.4 is 31.9 Å². The molecule has 0 aromatic rings. The topological polar surface area (TPSA) is 314 Å². The van der Waals surface area contributed by atoms with E-state index >= 15 is 0 Å². The highest BCUT2D eigenvalue weighted by atomic mass is 16.5. The first-order chi connectivity index (χ1) is 39.8. The summed E-state index contributed by atoms with van der Waals surface area (Å²) in [7, 11) is 0. The second-order valence-electron chi connectivity index (χ2n) is 21.7. The molecule has 0 atom stereocenters. The monoisotopic (exact) mass is 1170 g/mol. The molecule has 0 spiro atoms. The summed E-state index contributed by atoms with van der Waals surface area (Å²) < 4.78 is 17.6.